The largest absolute Gasteiger partial charge is 0.269 e. The monoisotopic (exact) mass is 108 g/mol. The van der Waals surface area contributed by atoms with Crippen molar-refractivity contribution < 1.29 is 14.1 Å². The van der Waals surface area contributed by atoms with Crippen molar-refractivity contribution in [3.05, 3.63) is 0 Å². The van der Waals surface area contributed by atoms with Crippen molar-refractivity contribution in [3.8, 4) is 0 Å². The molecule has 6 heavy (non-hydrogen) atoms. The lowest BCUT2D eigenvalue weighted by atomic mass is 12.0. The summed E-state index contributed by atoms with van der Waals surface area (Å²) in [6, 6.07) is 0. The molecule has 0 fully saturated rings. The molecule has 0 aromatic rings. The van der Waals surface area contributed by atoms with Crippen LogP contribution >= 0.6 is 0 Å². The Bertz CT molecular complexity index is 6.00. The summed E-state index contributed by atoms with van der Waals surface area (Å²) in [5.74, 6) is 0. The van der Waals surface area contributed by atoms with Crippen molar-refractivity contribution in [2.45, 2.75) is 22.3 Å². The Labute approximate surface area is 37.7 Å². The molecule has 0 bridgehead atoms. The van der Waals surface area contributed by atoms with E-state index in [-0.39, 0.29) is 36.4 Å². The Kier molecular flexibility index (Phi) is 783000. The van der Waals surface area contributed by atoms with Gasteiger partial charge in [0.25, 0.3) is 0 Å². The number of halogens is 3. The molecule has 0 amide bonds. The van der Waals surface area contributed by atoms with Crippen molar-refractivity contribution in [2.24, 2.45) is 0 Å². The van der Waals surface area contributed by atoms with Crippen LogP contribution in [0.4, 0.5) is 14.1 Å². The maximum atomic E-state index is 0. The molecule has 0 atom stereocenters. The van der Waals surface area contributed by atoms with E-state index in [4.69, 9.17) is 0 Å². The molecule has 0 saturated carbocycles. The minimum absolute atomic E-state index is 0. The second-order valence-corrected chi connectivity index (χ2v) is 0. The summed E-state index contributed by atoms with van der Waals surface area (Å²) < 4.78 is 0. The van der Waals surface area contributed by atoms with E-state index in [2.05, 4.69) is 0 Å². The lowest BCUT2D eigenvalue weighted by molar-refractivity contribution is 1.11. The first-order chi connectivity index (χ1) is 0. The van der Waals surface area contributed by atoms with Gasteiger partial charge < -0.3 is 0 Å². The van der Waals surface area contributed by atoms with Gasteiger partial charge >= 0.3 is 0 Å². The Morgan fingerprint density at radius 1 is 0.333 bits per heavy atom. The fraction of sp³-hybridized carbons (Fsp3) is 1.00. The zero-order chi connectivity index (χ0) is 0. The van der Waals surface area contributed by atoms with E-state index in [9.17, 15) is 0 Å². The molecule has 48 valence electrons. The lowest BCUT2D eigenvalue weighted by Crippen LogP contribution is 0.143. The third-order valence-electron chi connectivity index (χ3n) is 0. The molecule has 3 heteroatoms. The van der Waals surface area contributed by atoms with Crippen LogP contribution in [0.1, 0.15) is 22.3 Å². The Hall–Kier alpha value is -0.210. The zero-order valence-corrected chi connectivity index (χ0v) is 1.22. The molecule has 0 unspecified atom stereocenters. The molecule has 0 aromatic heterocycles. The average Bonchev–Trinajstić information content (AvgIpc) is 0. The summed E-state index contributed by atoms with van der Waals surface area (Å²) in [7, 11) is 0. The van der Waals surface area contributed by atoms with Crippen LogP contribution < -0.4 is 0 Å². The molecule has 0 aliphatic rings. The molecule has 0 saturated heterocycles. The second-order valence-electron chi connectivity index (χ2n) is 0. The van der Waals surface area contributed by atoms with Gasteiger partial charge in [-0.25, -0.2) is 0 Å². The van der Waals surface area contributed by atoms with E-state index in [1.54, 1.807) is 0 Å². The Balaban J connectivity index is 0. The van der Waals surface area contributed by atoms with Crippen LogP contribution in [0, 0.1) is 0 Å². The normalized spacial score (nSPS) is 0. The van der Waals surface area contributed by atoms with E-state index in [0.29, 0.717) is 0 Å². The van der Waals surface area contributed by atoms with Gasteiger partial charge in [-0.05, 0) is 0 Å². The van der Waals surface area contributed by atoms with Crippen molar-refractivity contribution in [3.63, 3.8) is 0 Å². The van der Waals surface area contributed by atoms with Gasteiger partial charge in [-0.15, -0.1) is 0 Å². The minimum Gasteiger partial charge on any atom is -0.269 e. The number of hydrogen-bond acceptors (Lipinski definition) is 0. The average molecular weight is 108 g/mol. The van der Waals surface area contributed by atoms with Gasteiger partial charge in [0.2, 0.25) is 0 Å². The number of hydrogen-bond donors (Lipinski definition) is 0. The summed E-state index contributed by atoms with van der Waals surface area (Å²) >= 11 is 0. The summed E-state index contributed by atoms with van der Waals surface area (Å²) in [5.41, 5.74) is 0. The maximum absolute atomic E-state index is 0. The fourth-order valence-corrected chi connectivity index (χ4v) is 0. The van der Waals surface area contributed by atoms with Crippen LogP contribution in [0.25, 0.3) is 0 Å². The highest BCUT2D eigenvalue weighted by molar-refractivity contribution is 2.51. The molecule has 0 heterocycles. The number of rotatable bonds is 0. The Morgan fingerprint density at radius 2 is 0.333 bits per heavy atom. The predicted octanol–water partition coefficient (Wildman–Crippen LogP) is 2.37. The molecule has 0 N–H and O–H groups in total. The van der Waals surface area contributed by atoms with E-state index < -0.39 is 0 Å². The van der Waals surface area contributed by atoms with Crippen LogP contribution in [-0.2, 0) is 0 Å². The first kappa shape index (κ1) is 3010. The smallest absolute Gasteiger partial charge is 0.0776 e. The van der Waals surface area contributed by atoms with Gasteiger partial charge in [-0.2, -0.15) is 0 Å². The third-order valence-corrected chi connectivity index (χ3v) is 0. The summed E-state index contributed by atoms with van der Waals surface area (Å²) in [6.45, 7) is 0. The molecule has 0 aliphatic carbocycles. The first-order valence-corrected chi connectivity index (χ1v) is 0. The van der Waals surface area contributed by atoms with Crippen molar-refractivity contribution in [2.75, 3.05) is 0 Å². The molecule has 0 spiro atoms. The topological polar surface area (TPSA) is 0 Å². The van der Waals surface area contributed by atoms with E-state index in [0.717, 1.165) is 0 Å². The molecule has 0 nitrogen and oxygen atoms in total. The maximum Gasteiger partial charge on any atom is -0.0776 e. The molecule has 0 aromatic carbocycles. The lowest BCUT2D eigenvalue weighted by Gasteiger charge is -0.270. The molecule has 0 aliphatic heterocycles. The highest BCUT2D eigenvalue weighted by atomic mass is 19.0. The highest BCUT2D eigenvalue weighted by Gasteiger charge is -0.0755. The summed E-state index contributed by atoms with van der Waals surface area (Å²) in [4.78, 5) is 0. The second kappa shape index (κ2) is 1560. The summed E-state index contributed by atoms with van der Waals surface area (Å²) in [6.07, 6.45) is 0. The zero-order valence-electron chi connectivity index (χ0n) is 1.22. The van der Waals surface area contributed by atoms with Crippen LogP contribution in [-0.4, -0.2) is 0 Å². The molecule has 0 radical (unpaired) electrons. The van der Waals surface area contributed by atoms with Crippen LogP contribution in [0.15, 0.2) is 0 Å². The van der Waals surface area contributed by atoms with Crippen LogP contribution in [0.5, 0.6) is 0 Å². The van der Waals surface area contributed by atoms with Gasteiger partial charge in [0.05, 0.1) is 0 Å². The fourth-order valence-electron chi connectivity index (χ4n) is 0. The Morgan fingerprint density at radius 3 is 0.333 bits per heavy atom. The third kappa shape index (κ3) is 669. The molecular weight excluding hydrogens is 93.0 g/mol. The van der Waals surface area contributed by atoms with E-state index in [1.165, 1.54) is 0 Å². The molecule has 0 rings (SSSR count). The quantitative estimate of drug-likeness (QED) is 0.447. The predicted molar refractivity (Wildman–Crippen MR) is 27.7 cm³/mol. The highest BCUT2D eigenvalue weighted by Crippen LogP contribution is 0.422. The van der Waals surface area contributed by atoms with Gasteiger partial charge in [0, 0.05) is 0 Å². The van der Waals surface area contributed by atoms with Crippen molar-refractivity contribution in [1.82, 2.24) is 0 Å². The van der Waals surface area contributed by atoms with Gasteiger partial charge in [-0.1, -0.05) is 22.3 Å². The van der Waals surface area contributed by atoms with Crippen LogP contribution in [0.2, 0.25) is 0 Å². The minimum atomic E-state index is 0. The molecular formula is C3H15F3. The van der Waals surface area contributed by atoms with Crippen molar-refractivity contribution >= 4 is 0 Å². The first-order valence-electron chi connectivity index (χ1n) is 0. The standard InChI is InChI=1S/3CH4.3FH/h3*1H4;3*1H. The van der Waals surface area contributed by atoms with E-state index in [1.807, 2.05) is 0 Å². The van der Waals surface area contributed by atoms with Gasteiger partial charge in [0.1, 0.15) is 0 Å². The van der Waals surface area contributed by atoms with E-state index >= 15 is 0 Å². The SMILES string of the molecule is C.C.C.F.F.F. The van der Waals surface area contributed by atoms with Crippen molar-refractivity contribution in [1.29, 1.82) is 0 Å². The summed E-state index contributed by atoms with van der Waals surface area (Å²) in [5, 5.41) is 0. The van der Waals surface area contributed by atoms with Crippen LogP contribution in [0.3, 0.4) is 0 Å². The van der Waals surface area contributed by atoms with Gasteiger partial charge in [0.15, 0.2) is 0 Å². The van der Waals surface area contributed by atoms with Gasteiger partial charge in [-0.3, -0.25) is 14.1 Å².